The molecule has 8 heteroatoms. The lowest BCUT2D eigenvalue weighted by Crippen LogP contribution is -2.22. The quantitative estimate of drug-likeness (QED) is 0.404. The summed E-state index contributed by atoms with van der Waals surface area (Å²) in [5.41, 5.74) is 1.80. The third kappa shape index (κ3) is 5.06. The molecule has 148 valence electrons. The van der Waals surface area contributed by atoms with Crippen LogP contribution in [-0.2, 0) is 9.53 Å². The molecule has 2 aromatic rings. The standard InChI is InChI=1S/C20H23N3O5/c1-4-13(2)15-7-5-6-8-18(15)22-19(24)12-28-20(25)16-11-14(23(26)27)9-10-17(16)21-3/h5-11,13,21H,4,12H2,1-3H3,(H,22,24)/t13-/m0/s1. The number of hydrogen-bond donors (Lipinski definition) is 2. The average Bonchev–Trinajstić information content (AvgIpc) is 2.71. The lowest BCUT2D eigenvalue weighted by Gasteiger charge is -2.15. The highest BCUT2D eigenvalue weighted by atomic mass is 16.6. The molecule has 28 heavy (non-hydrogen) atoms. The van der Waals surface area contributed by atoms with Crippen LogP contribution in [0.4, 0.5) is 17.1 Å². The van der Waals surface area contributed by atoms with Gasteiger partial charge >= 0.3 is 5.97 Å². The molecule has 0 aliphatic heterocycles. The van der Waals surface area contributed by atoms with Gasteiger partial charge in [-0.1, -0.05) is 32.0 Å². The Bertz CT molecular complexity index is 882. The number of nitrogens with one attached hydrogen (secondary N) is 2. The van der Waals surface area contributed by atoms with E-state index in [-0.39, 0.29) is 17.2 Å². The van der Waals surface area contributed by atoms with Gasteiger partial charge < -0.3 is 15.4 Å². The Labute approximate surface area is 163 Å². The van der Waals surface area contributed by atoms with Gasteiger partial charge in [0.05, 0.1) is 10.5 Å². The summed E-state index contributed by atoms with van der Waals surface area (Å²) in [6.07, 6.45) is 0.918. The van der Waals surface area contributed by atoms with E-state index < -0.39 is 23.4 Å². The number of nitro benzene ring substituents is 1. The fraction of sp³-hybridized carbons (Fsp3) is 0.300. The number of amides is 1. The van der Waals surface area contributed by atoms with Gasteiger partial charge in [0.1, 0.15) is 0 Å². The van der Waals surface area contributed by atoms with Crippen LogP contribution in [0.3, 0.4) is 0 Å². The summed E-state index contributed by atoms with van der Waals surface area (Å²) in [5.74, 6) is -1.04. The van der Waals surface area contributed by atoms with Crippen LogP contribution in [0.15, 0.2) is 42.5 Å². The number of hydrogen-bond acceptors (Lipinski definition) is 6. The van der Waals surface area contributed by atoms with E-state index in [9.17, 15) is 19.7 Å². The van der Waals surface area contributed by atoms with E-state index in [2.05, 4.69) is 24.5 Å². The van der Waals surface area contributed by atoms with Crippen molar-refractivity contribution in [1.29, 1.82) is 0 Å². The minimum atomic E-state index is -0.821. The molecule has 0 spiro atoms. The molecule has 1 amide bonds. The molecule has 1 atom stereocenters. The number of carbonyl (C=O) groups is 2. The average molecular weight is 385 g/mol. The highest BCUT2D eigenvalue weighted by Crippen LogP contribution is 2.26. The Hall–Kier alpha value is -3.42. The Morgan fingerprint density at radius 1 is 1.18 bits per heavy atom. The Morgan fingerprint density at radius 2 is 1.89 bits per heavy atom. The van der Waals surface area contributed by atoms with Crippen LogP contribution >= 0.6 is 0 Å². The maximum atomic E-state index is 12.3. The number of rotatable bonds is 8. The maximum absolute atomic E-state index is 12.3. The van der Waals surface area contributed by atoms with Crippen LogP contribution in [-0.4, -0.2) is 30.5 Å². The van der Waals surface area contributed by atoms with Gasteiger partial charge in [0.2, 0.25) is 0 Å². The first kappa shape index (κ1) is 20.9. The topological polar surface area (TPSA) is 111 Å². The molecule has 0 unspecified atom stereocenters. The van der Waals surface area contributed by atoms with Gasteiger partial charge in [0.15, 0.2) is 6.61 Å². The first-order chi connectivity index (χ1) is 13.4. The van der Waals surface area contributed by atoms with E-state index in [1.165, 1.54) is 12.1 Å². The molecule has 2 rings (SSSR count). The molecular formula is C20H23N3O5. The summed E-state index contributed by atoms with van der Waals surface area (Å²) in [7, 11) is 1.58. The number of nitrogens with zero attached hydrogens (tertiary/aromatic N) is 1. The monoisotopic (exact) mass is 385 g/mol. The van der Waals surface area contributed by atoms with Crippen LogP contribution in [0.2, 0.25) is 0 Å². The predicted molar refractivity (Wildman–Crippen MR) is 107 cm³/mol. The molecule has 0 fully saturated rings. The lowest BCUT2D eigenvalue weighted by atomic mass is 9.97. The minimum absolute atomic E-state index is 0.00972. The zero-order valence-corrected chi connectivity index (χ0v) is 16.0. The van der Waals surface area contributed by atoms with Gasteiger partial charge in [-0.15, -0.1) is 0 Å². The number of esters is 1. The number of para-hydroxylation sites is 1. The fourth-order valence-corrected chi connectivity index (χ4v) is 2.69. The highest BCUT2D eigenvalue weighted by Gasteiger charge is 2.19. The molecule has 2 aromatic carbocycles. The first-order valence-corrected chi connectivity index (χ1v) is 8.89. The second-order valence-corrected chi connectivity index (χ2v) is 6.26. The Balaban J connectivity index is 2.07. The van der Waals surface area contributed by atoms with Crippen molar-refractivity contribution >= 4 is 28.9 Å². The second kappa shape index (κ2) is 9.50. The molecule has 0 saturated heterocycles. The number of anilines is 2. The Morgan fingerprint density at radius 3 is 2.54 bits per heavy atom. The van der Waals surface area contributed by atoms with Gasteiger partial charge in [-0.25, -0.2) is 4.79 Å². The molecule has 2 N–H and O–H groups in total. The number of nitro groups is 1. The maximum Gasteiger partial charge on any atom is 0.341 e. The zero-order chi connectivity index (χ0) is 20.7. The van der Waals surface area contributed by atoms with E-state index in [0.717, 1.165) is 18.1 Å². The van der Waals surface area contributed by atoms with E-state index in [1.807, 2.05) is 18.2 Å². The fourth-order valence-electron chi connectivity index (χ4n) is 2.69. The van der Waals surface area contributed by atoms with E-state index in [1.54, 1.807) is 13.1 Å². The minimum Gasteiger partial charge on any atom is -0.452 e. The second-order valence-electron chi connectivity index (χ2n) is 6.26. The molecule has 0 aromatic heterocycles. The largest absolute Gasteiger partial charge is 0.452 e. The van der Waals surface area contributed by atoms with Gasteiger partial charge in [-0.2, -0.15) is 0 Å². The molecule has 8 nitrogen and oxygen atoms in total. The van der Waals surface area contributed by atoms with Gasteiger partial charge in [0.25, 0.3) is 11.6 Å². The zero-order valence-electron chi connectivity index (χ0n) is 16.0. The van der Waals surface area contributed by atoms with E-state index >= 15 is 0 Å². The van der Waals surface area contributed by atoms with Crippen molar-refractivity contribution in [1.82, 2.24) is 0 Å². The summed E-state index contributed by atoms with van der Waals surface area (Å²) in [5, 5.41) is 16.4. The van der Waals surface area contributed by atoms with Gasteiger partial charge in [0, 0.05) is 30.6 Å². The molecule has 0 aliphatic carbocycles. The van der Waals surface area contributed by atoms with Gasteiger partial charge in [-0.05, 0) is 30.0 Å². The summed E-state index contributed by atoms with van der Waals surface area (Å²) in [4.78, 5) is 34.9. The summed E-state index contributed by atoms with van der Waals surface area (Å²) in [6, 6.07) is 11.3. The third-order valence-electron chi connectivity index (χ3n) is 4.42. The normalized spacial score (nSPS) is 11.4. The van der Waals surface area contributed by atoms with Crippen molar-refractivity contribution in [3.05, 3.63) is 63.7 Å². The molecule has 0 aliphatic rings. The third-order valence-corrected chi connectivity index (χ3v) is 4.42. The van der Waals surface area contributed by atoms with E-state index in [4.69, 9.17) is 4.74 Å². The van der Waals surface area contributed by atoms with Crippen LogP contribution in [0.25, 0.3) is 0 Å². The van der Waals surface area contributed by atoms with Crippen molar-refractivity contribution in [3.8, 4) is 0 Å². The van der Waals surface area contributed by atoms with Crippen molar-refractivity contribution < 1.29 is 19.2 Å². The molecule has 0 saturated carbocycles. The summed E-state index contributed by atoms with van der Waals surface area (Å²) in [6.45, 7) is 3.62. The van der Waals surface area contributed by atoms with Crippen LogP contribution in [0, 0.1) is 10.1 Å². The van der Waals surface area contributed by atoms with E-state index in [0.29, 0.717) is 11.4 Å². The van der Waals surface area contributed by atoms with Crippen LogP contribution in [0.5, 0.6) is 0 Å². The first-order valence-electron chi connectivity index (χ1n) is 8.89. The number of non-ortho nitro benzene ring substituents is 1. The summed E-state index contributed by atoms with van der Waals surface area (Å²) < 4.78 is 5.05. The Kier molecular flexibility index (Phi) is 7.08. The SMILES string of the molecule is CC[C@H](C)c1ccccc1NC(=O)COC(=O)c1cc([N+](=O)[O-])ccc1NC. The molecule has 0 bridgehead atoms. The smallest absolute Gasteiger partial charge is 0.341 e. The molecule has 0 radical (unpaired) electrons. The van der Waals surface area contributed by atoms with Crippen molar-refractivity contribution in [2.24, 2.45) is 0 Å². The highest BCUT2D eigenvalue weighted by molar-refractivity contribution is 5.99. The lowest BCUT2D eigenvalue weighted by molar-refractivity contribution is -0.384. The van der Waals surface area contributed by atoms with Crippen molar-refractivity contribution in [2.45, 2.75) is 26.2 Å². The molecular weight excluding hydrogens is 362 g/mol. The predicted octanol–water partition coefficient (Wildman–Crippen LogP) is 3.95. The number of carbonyl (C=O) groups excluding carboxylic acids is 2. The van der Waals surface area contributed by atoms with Crippen LogP contribution < -0.4 is 10.6 Å². The number of benzene rings is 2. The van der Waals surface area contributed by atoms with Crippen molar-refractivity contribution in [3.63, 3.8) is 0 Å². The van der Waals surface area contributed by atoms with Crippen LogP contribution in [0.1, 0.15) is 42.1 Å². The van der Waals surface area contributed by atoms with Crippen molar-refractivity contribution in [2.75, 3.05) is 24.3 Å². The number of ether oxygens (including phenoxy) is 1. The molecule has 0 heterocycles. The van der Waals surface area contributed by atoms with Gasteiger partial charge in [-0.3, -0.25) is 14.9 Å². The summed E-state index contributed by atoms with van der Waals surface area (Å²) >= 11 is 0.